The first-order valence-electron chi connectivity index (χ1n) is 8.44. The van der Waals surface area contributed by atoms with Gasteiger partial charge in [-0.2, -0.15) is 0 Å². The average molecular weight is 284 g/mol. The van der Waals surface area contributed by atoms with Crippen LogP contribution in [0.1, 0.15) is 48.0 Å². The van der Waals surface area contributed by atoms with Gasteiger partial charge in [-0.3, -0.25) is 4.79 Å². The van der Waals surface area contributed by atoms with Crippen LogP contribution in [0.5, 0.6) is 0 Å². The van der Waals surface area contributed by atoms with Crippen molar-refractivity contribution in [2.24, 2.45) is 17.8 Å². The van der Waals surface area contributed by atoms with Gasteiger partial charge in [0.05, 0.1) is 0 Å². The molecule has 0 spiro atoms. The Kier molecular flexibility index (Phi) is 3.36. The molecule has 3 heteroatoms. The molecule has 112 valence electrons. The fourth-order valence-corrected chi connectivity index (χ4v) is 4.57. The number of hydrogen-bond donors (Lipinski definition) is 2. The largest absolute Gasteiger partial charge is 0.385 e. The first kappa shape index (κ1) is 13.2. The zero-order chi connectivity index (χ0) is 14.2. The lowest BCUT2D eigenvalue weighted by Crippen LogP contribution is -2.31. The van der Waals surface area contributed by atoms with E-state index < -0.39 is 0 Å². The zero-order valence-electron chi connectivity index (χ0n) is 12.5. The van der Waals surface area contributed by atoms with Gasteiger partial charge < -0.3 is 10.6 Å². The summed E-state index contributed by atoms with van der Waals surface area (Å²) in [5.41, 5.74) is 3.31. The molecule has 1 aliphatic heterocycles. The van der Waals surface area contributed by atoms with E-state index in [1.54, 1.807) is 0 Å². The van der Waals surface area contributed by atoms with Crippen molar-refractivity contribution in [3.8, 4) is 0 Å². The highest BCUT2D eigenvalue weighted by molar-refractivity contribution is 5.95. The molecule has 0 aromatic heterocycles. The molecule has 3 aliphatic rings. The van der Waals surface area contributed by atoms with Crippen LogP contribution in [0, 0.1) is 17.8 Å². The number of nitrogens with one attached hydrogen (secondary N) is 2. The van der Waals surface area contributed by atoms with Gasteiger partial charge in [-0.15, -0.1) is 0 Å². The van der Waals surface area contributed by atoms with Crippen LogP contribution in [0.15, 0.2) is 18.2 Å². The van der Waals surface area contributed by atoms with E-state index in [0.29, 0.717) is 0 Å². The molecule has 3 nitrogen and oxygen atoms in total. The van der Waals surface area contributed by atoms with Gasteiger partial charge in [0.25, 0.3) is 5.91 Å². The molecule has 1 aromatic rings. The van der Waals surface area contributed by atoms with Crippen molar-refractivity contribution < 1.29 is 4.79 Å². The third-order valence-corrected chi connectivity index (χ3v) is 5.72. The molecule has 1 amide bonds. The van der Waals surface area contributed by atoms with Gasteiger partial charge in [-0.25, -0.2) is 0 Å². The van der Waals surface area contributed by atoms with E-state index in [4.69, 9.17) is 0 Å². The molecule has 4 rings (SSSR count). The van der Waals surface area contributed by atoms with Gasteiger partial charge in [0, 0.05) is 24.3 Å². The van der Waals surface area contributed by atoms with E-state index in [9.17, 15) is 4.79 Å². The van der Waals surface area contributed by atoms with Gasteiger partial charge >= 0.3 is 0 Å². The minimum atomic E-state index is 0.103. The van der Waals surface area contributed by atoms with Crippen molar-refractivity contribution >= 4 is 11.6 Å². The van der Waals surface area contributed by atoms with Crippen LogP contribution in [0.4, 0.5) is 5.69 Å². The van der Waals surface area contributed by atoms with Crippen LogP contribution in [0.25, 0.3) is 0 Å². The molecule has 1 aromatic carbocycles. The molecule has 21 heavy (non-hydrogen) atoms. The molecule has 1 heterocycles. The van der Waals surface area contributed by atoms with Crippen LogP contribution < -0.4 is 10.6 Å². The number of fused-ring (bicyclic) bond motifs is 3. The van der Waals surface area contributed by atoms with Crippen molar-refractivity contribution in [3.63, 3.8) is 0 Å². The third kappa shape index (κ3) is 2.54. The molecule has 2 fully saturated rings. The lowest BCUT2D eigenvalue weighted by molar-refractivity contribution is 0.0941. The Morgan fingerprint density at radius 1 is 1.29 bits per heavy atom. The third-order valence-electron chi connectivity index (χ3n) is 5.72. The minimum Gasteiger partial charge on any atom is -0.385 e. The molecule has 0 radical (unpaired) electrons. The first-order chi connectivity index (χ1) is 10.3. The zero-order valence-corrected chi connectivity index (χ0v) is 12.5. The van der Waals surface area contributed by atoms with E-state index in [2.05, 4.69) is 22.8 Å². The SMILES string of the molecule is O=C(NCC1CC2CCC1C2)c1ccc2c(c1)CCCN2. The highest BCUT2D eigenvalue weighted by atomic mass is 16.1. The summed E-state index contributed by atoms with van der Waals surface area (Å²) in [5, 5.41) is 6.57. The van der Waals surface area contributed by atoms with Gasteiger partial charge in [0.1, 0.15) is 0 Å². The molecule has 0 saturated heterocycles. The van der Waals surface area contributed by atoms with Crippen LogP contribution in [0.3, 0.4) is 0 Å². The molecule has 3 atom stereocenters. The summed E-state index contributed by atoms with van der Waals surface area (Å²) in [6.07, 6.45) is 7.78. The molecule has 2 N–H and O–H groups in total. The first-order valence-corrected chi connectivity index (χ1v) is 8.44. The van der Waals surface area contributed by atoms with Gasteiger partial charge in [0.15, 0.2) is 0 Å². The normalized spacial score (nSPS) is 29.8. The summed E-state index contributed by atoms with van der Waals surface area (Å²) in [6.45, 7) is 1.91. The molecular formula is C18H24N2O. The Hall–Kier alpha value is -1.51. The molecule has 3 unspecified atom stereocenters. The predicted molar refractivity (Wildman–Crippen MR) is 84.5 cm³/mol. The topological polar surface area (TPSA) is 41.1 Å². The maximum atomic E-state index is 12.4. The van der Waals surface area contributed by atoms with E-state index >= 15 is 0 Å². The summed E-state index contributed by atoms with van der Waals surface area (Å²) in [7, 11) is 0. The van der Waals surface area contributed by atoms with E-state index in [1.165, 1.54) is 36.9 Å². The van der Waals surface area contributed by atoms with Crippen molar-refractivity contribution in [3.05, 3.63) is 29.3 Å². The number of carbonyl (C=O) groups excluding carboxylic acids is 1. The average Bonchev–Trinajstić information content (AvgIpc) is 3.15. The lowest BCUT2D eigenvalue weighted by atomic mass is 9.89. The molecular weight excluding hydrogens is 260 g/mol. The Morgan fingerprint density at radius 2 is 2.24 bits per heavy atom. The Morgan fingerprint density at radius 3 is 3.05 bits per heavy atom. The Balaban J connectivity index is 1.38. The second-order valence-corrected chi connectivity index (χ2v) is 7.05. The second kappa shape index (κ2) is 5.36. The van der Waals surface area contributed by atoms with Crippen molar-refractivity contribution in [1.29, 1.82) is 0 Å². The van der Waals surface area contributed by atoms with Gasteiger partial charge in [-0.05, 0) is 73.6 Å². The number of hydrogen-bond acceptors (Lipinski definition) is 2. The maximum absolute atomic E-state index is 12.4. The van der Waals surface area contributed by atoms with Gasteiger partial charge in [-0.1, -0.05) is 6.42 Å². The fraction of sp³-hybridized carbons (Fsp3) is 0.611. The quantitative estimate of drug-likeness (QED) is 0.895. The number of anilines is 1. The smallest absolute Gasteiger partial charge is 0.251 e. The summed E-state index contributed by atoms with van der Waals surface area (Å²) < 4.78 is 0. The fourth-order valence-electron chi connectivity index (χ4n) is 4.57. The van der Waals surface area contributed by atoms with Crippen molar-refractivity contribution in [2.75, 3.05) is 18.4 Å². The summed E-state index contributed by atoms with van der Waals surface area (Å²) in [6, 6.07) is 6.08. The second-order valence-electron chi connectivity index (χ2n) is 7.05. The van der Waals surface area contributed by atoms with E-state index in [-0.39, 0.29) is 5.91 Å². The number of aryl methyl sites for hydroxylation is 1. The maximum Gasteiger partial charge on any atom is 0.251 e. The van der Waals surface area contributed by atoms with Crippen molar-refractivity contribution in [2.45, 2.75) is 38.5 Å². The van der Waals surface area contributed by atoms with E-state index in [0.717, 1.165) is 49.2 Å². The summed E-state index contributed by atoms with van der Waals surface area (Å²) >= 11 is 0. The van der Waals surface area contributed by atoms with Crippen molar-refractivity contribution in [1.82, 2.24) is 5.32 Å². The van der Waals surface area contributed by atoms with E-state index in [1.807, 2.05) is 6.07 Å². The number of carbonyl (C=O) groups is 1. The monoisotopic (exact) mass is 284 g/mol. The number of amides is 1. The van der Waals surface area contributed by atoms with Gasteiger partial charge in [0.2, 0.25) is 0 Å². The lowest BCUT2D eigenvalue weighted by Gasteiger charge is -2.22. The summed E-state index contributed by atoms with van der Waals surface area (Å²) in [5.74, 6) is 2.66. The van der Waals surface area contributed by atoms with Crippen LogP contribution >= 0.6 is 0 Å². The Labute approximate surface area is 126 Å². The van der Waals surface area contributed by atoms with Crippen LogP contribution in [-0.4, -0.2) is 19.0 Å². The van der Waals surface area contributed by atoms with Crippen LogP contribution in [0.2, 0.25) is 0 Å². The van der Waals surface area contributed by atoms with Crippen LogP contribution in [-0.2, 0) is 6.42 Å². The highest BCUT2D eigenvalue weighted by Crippen LogP contribution is 2.47. The summed E-state index contributed by atoms with van der Waals surface area (Å²) in [4.78, 5) is 12.4. The number of benzene rings is 1. The molecule has 2 bridgehead atoms. The predicted octanol–water partition coefficient (Wildman–Crippen LogP) is 3.21. The molecule has 2 saturated carbocycles. The Bertz CT molecular complexity index is 554. The minimum absolute atomic E-state index is 0.103. The number of rotatable bonds is 3. The standard InChI is InChI=1S/C18H24N2O/c21-18(20-11-16-9-12-3-4-13(16)8-12)15-5-6-17-14(10-15)2-1-7-19-17/h5-6,10,12-13,16,19H,1-4,7-9,11H2,(H,20,21). The molecule has 2 aliphatic carbocycles. The highest BCUT2D eigenvalue weighted by Gasteiger charge is 2.39.